The van der Waals surface area contributed by atoms with Crippen LogP contribution in [0, 0.1) is 11.8 Å². The van der Waals surface area contributed by atoms with Crippen molar-refractivity contribution in [1.29, 1.82) is 0 Å². The van der Waals surface area contributed by atoms with Gasteiger partial charge in [0, 0.05) is 19.6 Å². The van der Waals surface area contributed by atoms with Crippen molar-refractivity contribution in [2.75, 3.05) is 32.7 Å². The second-order valence-electron chi connectivity index (χ2n) is 5.90. The molecule has 1 unspecified atom stereocenters. The van der Waals surface area contributed by atoms with Gasteiger partial charge in [0.1, 0.15) is 0 Å². The highest BCUT2D eigenvalue weighted by Crippen LogP contribution is 2.22. The Hall–Kier alpha value is -0.0800. The topological polar surface area (TPSA) is 15.3 Å². The first-order valence-corrected chi connectivity index (χ1v) is 7.67. The van der Waals surface area contributed by atoms with E-state index in [1.165, 1.54) is 64.8 Å². The predicted molar refractivity (Wildman–Crippen MR) is 76.4 cm³/mol. The lowest BCUT2D eigenvalue weighted by molar-refractivity contribution is 0.302. The average molecular weight is 240 g/mol. The van der Waals surface area contributed by atoms with Gasteiger partial charge in [-0.3, -0.25) is 0 Å². The van der Waals surface area contributed by atoms with Crippen LogP contribution in [0.5, 0.6) is 0 Å². The highest BCUT2D eigenvalue weighted by atomic mass is 15.2. The van der Waals surface area contributed by atoms with Crippen LogP contribution in [-0.4, -0.2) is 37.6 Å². The van der Waals surface area contributed by atoms with Gasteiger partial charge in [-0.1, -0.05) is 40.0 Å². The van der Waals surface area contributed by atoms with Gasteiger partial charge < -0.3 is 10.2 Å². The fraction of sp³-hybridized carbons (Fsp3) is 1.00. The Morgan fingerprint density at radius 3 is 2.65 bits per heavy atom. The van der Waals surface area contributed by atoms with E-state index in [0.717, 1.165) is 11.8 Å². The largest absolute Gasteiger partial charge is 0.315 e. The van der Waals surface area contributed by atoms with Gasteiger partial charge in [-0.2, -0.15) is 0 Å². The first-order chi connectivity index (χ1) is 8.24. The van der Waals surface area contributed by atoms with Crippen molar-refractivity contribution in [3.63, 3.8) is 0 Å². The van der Waals surface area contributed by atoms with E-state index in [1.54, 1.807) is 0 Å². The molecule has 102 valence electrons. The minimum Gasteiger partial charge on any atom is -0.315 e. The molecule has 1 saturated heterocycles. The second-order valence-corrected chi connectivity index (χ2v) is 5.90. The fourth-order valence-corrected chi connectivity index (χ4v) is 2.65. The smallest absolute Gasteiger partial charge is 0.0107 e. The third kappa shape index (κ3) is 6.42. The van der Waals surface area contributed by atoms with Gasteiger partial charge in [0.15, 0.2) is 0 Å². The van der Waals surface area contributed by atoms with Gasteiger partial charge in [-0.25, -0.2) is 0 Å². The van der Waals surface area contributed by atoms with Crippen LogP contribution in [0.3, 0.4) is 0 Å². The summed E-state index contributed by atoms with van der Waals surface area (Å²) in [6.45, 7) is 13.3. The Morgan fingerprint density at radius 2 is 2.00 bits per heavy atom. The number of rotatable bonds is 9. The Kier molecular flexibility index (Phi) is 7.87. The van der Waals surface area contributed by atoms with Crippen LogP contribution >= 0.6 is 0 Å². The van der Waals surface area contributed by atoms with Crippen molar-refractivity contribution in [2.24, 2.45) is 11.8 Å². The first-order valence-electron chi connectivity index (χ1n) is 7.67. The molecule has 2 nitrogen and oxygen atoms in total. The summed E-state index contributed by atoms with van der Waals surface area (Å²) in [5, 5.41) is 3.57. The Labute approximate surface area is 108 Å². The zero-order chi connectivity index (χ0) is 12.5. The quantitative estimate of drug-likeness (QED) is 0.623. The minimum absolute atomic E-state index is 0.863. The van der Waals surface area contributed by atoms with Gasteiger partial charge >= 0.3 is 0 Å². The Balaban J connectivity index is 1.90. The van der Waals surface area contributed by atoms with Crippen LogP contribution in [0.25, 0.3) is 0 Å². The van der Waals surface area contributed by atoms with Crippen molar-refractivity contribution in [3.8, 4) is 0 Å². The molecule has 0 radical (unpaired) electrons. The lowest BCUT2D eigenvalue weighted by Crippen LogP contribution is -2.31. The molecule has 0 aliphatic carbocycles. The van der Waals surface area contributed by atoms with Crippen molar-refractivity contribution in [1.82, 2.24) is 10.2 Å². The molecule has 1 atom stereocenters. The second kappa shape index (κ2) is 8.93. The normalized spacial score (nSPS) is 21.5. The lowest BCUT2D eigenvalue weighted by atomic mass is 9.95. The van der Waals surface area contributed by atoms with Crippen molar-refractivity contribution in [3.05, 3.63) is 0 Å². The third-order valence-electron chi connectivity index (χ3n) is 4.06. The monoisotopic (exact) mass is 240 g/mol. The molecule has 17 heavy (non-hydrogen) atoms. The van der Waals surface area contributed by atoms with Gasteiger partial charge in [-0.15, -0.1) is 0 Å². The van der Waals surface area contributed by atoms with Crippen molar-refractivity contribution in [2.45, 2.75) is 52.9 Å². The molecule has 0 aromatic carbocycles. The van der Waals surface area contributed by atoms with Crippen LogP contribution in [0.15, 0.2) is 0 Å². The van der Waals surface area contributed by atoms with Gasteiger partial charge in [-0.05, 0) is 37.8 Å². The predicted octanol–water partition coefficient (Wildman–Crippen LogP) is 3.13. The van der Waals surface area contributed by atoms with E-state index in [0.29, 0.717) is 0 Å². The molecule has 1 aliphatic heterocycles. The highest BCUT2D eigenvalue weighted by molar-refractivity contribution is 4.77. The number of nitrogens with one attached hydrogen (secondary N) is 1. The van der Waals surface area contributed by atoms with E-state index in [2.05, 4.69) is 31.0 Å². The summed E-state index contributed by atoms with van der Waals surface area (Å²) in [5.74, 6) is 1.81. The number of unbranched alkanes of at least 4 members (excludes halogenated alkanes) is 3. The zero-order valence-electron chi connectivity index (χ0n) is 12.2. The summed E-state index contributed by atoms with van der Waals surface area (Å²) in [5.41, 5.74) is 0. The molecule has 0 aromatic rings. The molecule has 0 amide bonds. The summed E-state index contributed by atoms with van der Waals surface area (Å²) < 4.78 is 0. The molecule has 1 heterocycles. The molecular weight excluding hydrogens is 208 g/mol. The molecule has 0 bridgehead atoms. The SMILES string of the molecule is CCCCCCNCCN1CCC(C(C)C)C1. The Morgan fingerprint density at radius 1 is 1.18 bits per heavy atom. The molecular formula is C15H32N2. The van der Waals surface area contributed by atoms with E-state index in [-0.39, 0.29) is 0 Å². The number of hydrogen-bond acceptors (Lipinski definition) is 2. The minimum atomic E-state index is 0.863. The van der Waals surface area contributed by atoms with E-state index in [9.17, 15) is 0 Å². The Bertz CT molecular complexity index is 180. The number of hydrogen-bond donors (Lipinski definition) is 1. The maximum absolute atomic E-state index is 3.57. The van der Waals surface area contributed by atoms with Crippen LogP contribution in [0.1, 0.15) is 52.9 Å². The van der Waals surface area contributed by atoms with E-state index in [4.69, 9.17) is 0 Å². The van der Waals surface area contributed by atoms with Crippen molar-refractivity contribution < 1.29 is 0 Å². The summed E-state index contributed by atoms with van der Waals surface area (Å²) >= 11 is 0. The van der Waals surface area contributed by atoms with Crippen LogP contribution in [-0.2, 0) is 0 Å². The highest BCUT2D eigenvalue weighted by Gasteiger charge is 2.23. The van der Waals surface area contributed by atoms with Crippen LogP contribution in [0.2, 0.25) is 0 Å². The molecule has 1 aliphatic rings. The summed E-state index contributed by atoms with van der Waals surface area (Å²) in [6.07, 6.45) is 6.88. The van der Waals surface area contributed by atoms with E-state index >= 15 is 0 Å². The molecule has 1 N–H and O–H groups in total. The molecule has 1 rings (SSSR count). The molecule has 0 saturated carbocycles. The summed E-state index contributed by atoms with van der Waals surface area (Å²) in [4.78, 5) is 2.63. The van der Waals surface area contributed by atoms with Crippen LogP contribution in [0.4, 0.5) is 0 Å². The van der Waals surface area contributed by atoms with E-state index < -0.39 is 0 Å². The third-order valence-corrected chi connectivity index (χ3v) is 4.06. The molecule has 2 heteroatoms. The fourth-order valence-electron chi connectivity index (χ4n) is 2.65. The van der Waals surface area contributed by atoms with Gasteiger partial charge in [0.2, 0.25) is 0 Å². The molecule has 0 aromatic heterocycles. The van der Waals surface area contributed by atoms with Crippen molar-refractivity contribution >= 4 is 0 Å². The maximum Gasteiger partial charge on any atom is 0.0107 e. The standard InChI is InChI=1S/C15H32N2/c1-4-5-6-7-9-16-10-12-17-11-8-15(13-17)14(2)3/h14-16H,4-13H2,1-3H3. The number of likely N-dealkylation sites (tertiary alicyclic amines) is 1. The molecule has 1 fully saturated rings. The average Bonchev–Trinajstić information content (AvgIpc) is 2.77. The zero-order valence-corrected chi connectivity index (χ0v) is 12.2. The van der Waals surface area contributed by atoms with Gasteiger partial charge in [0.05, 0.1) is 0 Å². The molecule has 0 spiro atoms. The van der Waals surface area contributed by atoms with Crippen LogP contribution < -0.4 is 5.32 Å². The maximum atomic E-state index is 3.57. The van der Waals surface area contributed by atoms with Gasteiger partial charge in [0.25, 0.3) is 0 Å². The lowest BCUT2D eigenvalue weighted by Gasteiger charge is -2.18. The van der Waals surface area contributed by atoms with E-state index in [1.807, 2.05) is 0 Å². The summed E-state index contributed by atoms with van der Waals surface area (Å²) in [6, 6.07) is 0. The number of nitrogens with zero attached hydrogens (tertiary/aromatic N) is 1. The first kappa shape index (κ1) is 15.0. The summed E-state index contributed by atoms with van der Waals surface area (Å²) in [7, 11) is 0.